The molecule has 7 heteroatoms. The summed E-state index contributed by atoms with van der Waals surface area (Å²) < 4.78 is 4.98. The summed E-state index contributed by atoms with van der Waals surface area (Å²) in [5.74, 6) is -1.08. The van der Waals surface area contributed by atoms with E-state index in [-0.39, 0.29) is 0 Å². The fourth-order valence-corrected chi connectivity index (χ4v) is 2.27. The SMILES string of the molecule is CN(Cc1ccoc1)c1nc(C(N)C(=O)O)cs1. The number of nitrogens with two attached hydrogens (primary N) is 1. The van der Waals surface area contributed by atoms with Gasteiger partial charge in [-0.25, -0.2) is 4.98 Å². The van der Waals surface area contributed by atoms with Crippen molar-refractivity contribution in [3.05, 3.63) is 35.2 Å². The second kappa shape index (κ2) is 5.19. The Bertz CT molecular complexity index is 523. The van der Waals surface area contributed by atoms with Crippen LogP contribution in [0, 0.1) is 0 Å². The topological polar surface area (TPSA) is 92.6 Å². The number of nitrogens with zero attached hydrogens (tertiary/aromatic N) is 2. The van der Waals surface area contributed by atoms with E-state index in [1.807, 2.05) is 18.0 Å². The molecule has 18 heavy (non-hydrogen) atoms. The van der Waals surface area contributed by atoms with Crippen LogP contribution in [0.1, 0.15) is 17.3 Å². The van der Waals surface area contributed by atoms with Gasteiger partial charge in [-0.1, -0.05) is 0 Å². The monoisotopic (exact) mass is 267 g/mol. The van der Waals surface area contributed by atoms with E-state index in [1.54, 1.807) is 17.9 Å². The van der Waals surface area contributed by atoms with Crippen LogP contribution in [0.3, 0.4) is 0 Å². The van der Waals surface area contributed by atoms with E-state index >= 15 is 0 Å². The Balaban J connectivity index is 2.07. The number of aliphatic carboxylic acids is 1. The fraction of sp³-hybridized carbons (Fsp3) is 0.273. The van der Waals surface area contributed by atoms with Crippen molar-refractivity contribution < 1.29 is 14.3 Å². The number of carbonyl (C=O) groups is 1. The largest absolute Gasteiger partial charge is 0.480 e. The van der Waals surface area contributed by atoms with E-state index in [4.69, 9.17) is 15.3 Å². The van der Waals surface area contributed by atoms with Crippen molar-refractivity contribution >= 4 is 22.4 Å². The van der Waals surface area contributed by atoms with Gasteiger partial charge in [0.1, 0.15) is 6.04 Å². The van der Waals surface area contributed by atoms with Crippen LogP contribution in [0.2, 0.25) is 0 Å². The average Bonchev–Trinajstić information content (AvgIpc) is 2.97. The highest BCUT2D eigenvalue weighted by Gasteiger charge is 2.18. The van der Waals surface area contributed by atoms with E-state index in [0.717, 1.165) is 10.7 Å². The molecule has 0 radical (unpaired) electrons. The summed E-state index contributed by atoms with van der Waals surface area (Å²) in [5, 5.41) is 11.2. The molecule has 0 aromatic carbocycles. The van der Waals surface area contributed by atoms with Crippen molar-refractivity contribution in [3.8, 4) is 0 Å². The smallest absolute Gasteiger partial charge is 0.326 e. The maximum absolute atomic E-state index is 10.7. The first kappa shape index (κ1) is 12.6. The van der Waals surface area contributed by atoms with Gasteiger partial charge in [0.2, 0.25) is 0 Å². The first-order chi connectivity index (χ1) is 8.58. The zero-order valence-corrected chi connectivity index (χ0v) is 10.6. The van der Waals surface area contributed by atoms with Gasteiger partial charge in [-0.15, -0.1) is 11.3 Å². The standard InChI is InChI=1S/C11H13N3O3S/c1-14(4-7-2-3-17-5-7)11-13-8(6-18-11)9(12)10(15)16/h2-3,5-6,9H,4,12H2,1H3,(H,15,16). The molecule has 1 atom stereocenters. The van der Waals surface area contributed by atoms with Crippen molar-refractivity contribution in [2.75, 3.05) is 11.9 Å². The van der Waals surface area contributed by atoms with Crippen LogP contribution in [0.4, 0.5) is 5.13 Å². The van der Waals surface area contributed by atoms with Gasteiger partial charge < -0.3 is 20.2 Å². The van der Waals surface area contributed by atoms with Gasteiger partial charge in [0.05, 0.1) is 18.2 Å². The van der Waals surface area contributed by atoms with E-state index < -0.39 is 12.0 Å². The minimum absolute atomic E-state index is 0.376. The number of carboxylic acid groups (broad SMARTS) is 1. The summed E-state index contributed by atoms with van der Waals surface area (Å²) in [6.07, 6.45) is 3.27. The van der Waals surface area contributed by atoms with Crippen molar-refractivity contribution in [1.29, 1.82) is 0 Å². The quantitative estimate of drug-likeness (QED) is 0.852. The fourth-order valence-electron chi connectivity index (χ4n) is 1.45. The molecule has 0 bridgehead atoms. The van der Waals surface area contributed by atoms with Gasteiger partial charge in [0.15, 0.2) is 5.13 Å². The number of aromatic nitrogens is 1. The minimum atomic E-state index is -1.08. The third kappa shape index (κ3) is 2.69. The van der Waals surface area contributed by atoms with Crippen LogP contribution in [-0.4, -0.2) is 23.1 Å². The van der Waals surface area contributed by atoms with Crippen molar-refractivity contribution in [2.45, 2.75) is 12.6 Å². The lowest BCUT2D eigenvalue weighted by atomic mass is 10.2. The highest BCUT2D eigenvalue weighted by molar-refractivity contribution is 7.13. The summed E-state index contributed by atoms with van der Waals surface area (Å²) in [6, 6.07) is 0.797. The first-order valence-electron chi connectivity index (χ1n) is 5.24. The zero-order chi connectivity index (χ0) is 13.1. The Morgan fingerprint density at radius 3 is 3.11 bits per heavy atom. The molecule has 2 aromatic rings. The van der Waals surface area contributed by atoms with Gasteiger partial charge in [-0.05, 0) is 6.07 Å². The maximum Gasteiger partial charge on any atom is 0.326 e. The number of rotatable bonds is 5. The van der Waals surface area contributed by atoms with Crippen LogP contribution in [-0.2, 0) is 11.3 Å². The lowest BCUT2D eigenvalue weighted by Crippen LogP contribution is -2.21. The third-order valence-electron chi connectivity index (χ3n) is 2.42. The highest BCUT2D eigenvalue weighted by atomic mass is 32.1. The molecule has 96 valence electrons. The van der Waals surface area contributed by atoms with Gasteiger partial charge in [0, 0.05) is 24.5 Å². The van der Waals surface area contributed by atoms with Crippen molar-refractivity contribution in [3.63, 3.8) is 0 Å². The average molecular weight is 267 g/mol. The summed E-state index contributed by atoms with van der Waals surface area (Å²) >= 11 is 1.37. The molecule has 0 aliphatic rings. The van der Waals surface area contributed by atoms with Gasteiger partial charge in [-0.3, -0.25) is 4.79 Å². The number of hydrogen-bond donors (Lipinski definition) is 2. The van der Waals surface area contributed by atoms with Gasteiger partial charge in [-0.2, -0.15) is 0 Å². The lowest BCUT2D eigenvalue weighted by Gasteiger charge is -2.14. The molecule has 2 heterocycles. The van der Waals surface area contributed by atoms with Crippen LogP contribution in [0.5, 0.6) is 0 Å². The van der Waals surface area contributed by atoms with E-state index in [0.29, 0.717) is 12.2 Å². The van der Waals surface area contributed by atoms with Crippen LogP contribution in [0.25, 0.3) is 0 Å². The highest BCUT2D eigenvalue weighted by Crippen LogP contribution is 2.23. The second-order valence-corrected chi connectivity index (χ2v) is 4.70. The number of furan rings is 1. The molecule has 3 N–H and O–H groups in total. The molecule has 0 saturated carbocycles. The molecule has 0 aliphatic carbocycles. The van der Waals surface area contributed by atoms with Crippen molar-refractivity contribution in [1.82, 2.24) is 4.98 Å². The minimum Gasteiger partial charge on any atom is -0.480 e. The third-order valence-corrected chi connectivity index (χ3v) is 3.39. The molecule has 6 nitrogen and oxygen atoms in total. The first-order valence-corrected chi connectivity index (χ1v) is 6.12. The molecule has 2 aromatic heterocycles. The van der Waals surface area contributed by atoms with Crippen LogP contribution < -0.4 is 10.6 Å². The molecule has 0 amide bonds. The van der Waals surface area contributed by atoms with Crippen LogP contribution >= 0.6 is 11.3 Å². The molecular formula is C11H13N3O3S. The normalized spacial score (nSPS) is 12.3. The Kier molecular flexibility index (Phi) is 3.63. The molecule has 0 saturated heterocycles. The molecule has 0 fully saturated rings. The summed E-state index contributed by atoms with van der Waals surface area (Å²) in [6.45, 7) is 0.645. The summed E-state index contributed by atoms with van der Waals surface area (Å²) in [4.78, 5) is 16.9. The summed E-state index contributed by atoms with van der Waals surface area (Å²) in [7, 11) is 1.88. The van der Waals surface area contributed by atoms with Gasteiger partial charge >= 0.3 is 5.97 Å². The Morgan fingerprint density at radius 1 is 1.72 bits per heavy atom. The molecule has 0 spiro atoms. The van der Waals surface area contributed by atoms with E-state index in [1.165, 1.54) is 11.3 Å². The van der Waals surface area contributed by atoms with E-state index in [2.05, 4.69) is 4.98 Å². The number of hydrogen-bond acceptors (Lipinski definition) is 6. The zero-order valence-electron chi connectivity index (χ0n) is 9.74. The van der Waals surface area contributed by atoms with Crippen LogP contribution in [0.15, 0.2) is 28.4 Å². The van der Waals surface area contributed by atoms with Crippen molar-refractivity contribution in [2.24, 2.45) is 5.73 Å². The molecule has 2 rings (SSSR count). The predicted molar refractivity (Wildman–Crippen MR) is 67.5 cm³/mol. The second-order valence-electron chi connectivity index (χ2n) is 3.86. The van der Waals surface area contributed by atoms with Gasteiger partial charge in [0.25, 0.3) is 0 Å². The summed E-state index contributed by atoms with van der Waals surface area (Å²) in [5.41, 5.74) is 6.90. The Labute approximate surface area is 108 Å². The Morgan fingerprint density at radius 2 is 2.50 bits per heavy atom. The maximum atomic E-state index is 10.7. The lowest BCUT2D eigenvalue weighted by molar-refractivity contribution is -0.138. The molecule has 0 aliphatic heterocycles. The predicted octanol–water partition coefficient (Wildman–Crippen LogP) is 1.46. The number of anilines is 1. The van der Waals surface area contributed by atoms with E-state index in [9.17, 15) is 4.79 Å². The molecular weight excluding hydrogens is 254 g/mol. The molecule has 1 unspecified atom stereocenters. The Hall–Kier alpha value is -1.86. The number of thiazole rings is 1. The number of carboxylic acids is 1.